The predicted octanol–water partition coefficient (Wildman–Crippen LogP) is 1.48. The molecule has 22 heavy (non-hydrogen) atoms. The normalized spacial score (nSPS) is 11.5. The van der Waals surface area contributed by atoms with Gasteiger partial charge in [0.25, 0.3) is 0 Å². The Bertz CT molecular complexity index is 536. The maximum absolute atomic E-state index is 12.7. The van der Waals surface area contributed by atoms with Crippen molar-refractivity contribution in [3.8, 4) is 0 Å². The van der Waals surface area contributed by atoms with Crippen LogP contribution in [0.1, 0.15) is 13.3 Å². The lowest BCUT2D eigenvalue weighted by atomic mass is 10.2. The summed E-state index contributed by atoms with van der Waals surface area (Å²) in [6, 6.07) is 4.41. The average Bonchev–Trinajstić information content (AvgIpc) is 2.47. The number of anilines is 1. The molecule has 0 bridgehead atoms. The first kappa shape index (κ1) is 18.0. The first-order valence-corrected chi connectivity index (χ1v) is 7.73. The van der Waals surface area contributed by atoms with Crippen molar-refractivity contribution in [2.45, 2.75) is 19.4 Å². The number of rotatable bonds is 8. The Morgan fingerprint density at radius 3 is 2.32 bits per heavy atom. The van der Waals surface area contributed by atoms with Crippen LogP contribution in [0.5, 0.6) is 0 Å². The molecule has 0 heterocycles. The number of halogens is 1. The molecule has 0 fully saturated rings. The zero-order valence-electron chi connectivity index (χ0n) is 12.0. The van der Waals surface area contributed by atoms with Crippen molar-refractivity contribution in [3.05, 3.63) is 30.1 Å². The number of benzene rings is 1. The van der Waals surface area contributed by atoms with Gasteiger partial charge in [0.1, 0.15) is 11.9 Å². The van der Waals surface area contributed by atoms with Crippen molar-refractivity contribution in [2.24, 2.45) is 0 Å². The third-order valence-corrected chi connectivity index (χ3v) is 3.57. The van der Waals surface area contributed by atoms with Gasteiger partial charge in [-0.3, -0.25) is 9.59 Å². The zero-order valence-corrected chi connectivity index (χ0v) is 12.8. The second-order valence-corrected chi connectivity index (χ2v) is 5.40. The van der Waals surface area contributed by atoms with Crippen molar-refractivity contribution in [1.82, 2.24) is 5.32 Å². The van der Waals surface area contributed by atoms with Gasteiger partial charge < -0.3 is 15.7 Å². The van der Waals surface area contributed by atoms with Gasteiger partial charge in [0.15, 0.2) is 0 Å². The summed E-state index contributed by atoms with van der Waals surface area (Å²) in [7, 11) is 0. The molecule has 3 N–H and O–H groups in total. The molecule has 0 saturated carbocycles. The molecule has 1 unspecified atom stereocenters. The number of aliphatic carboxylic acids is 1. The van der Waals surface area contributed by atoms with Crippen LogP contribution in [0.3, 0.4) is 0 Å². The number of carboxylic acids is 1. The number of thioether (sulfide) groups is 1. The molecule has 1 atom stereocenters. The summed E-state index contributed by atoms with van der Waals surface area (Å²) in [6.07, 6.45) is 0.288. The van der Waals surface area contributed by atoms with E-state index in [-0.39, 0.29) is 23.8 Å². The Hall–Kier alpha value is -2.09. The summed E-state index contributed by atoms with van der Waals surface area (Å²) in [5.74, 6) is -2.22. The SMILES string of the molecule is CCC(NC(=O)CSCC(=O)Nc1ccc(F)cc1)C(=O)O. The molecule has 6 nitrogen and oxygen atoms in total. The molecule has 0 aromatic heterocycles. The molecule has 8 heteroatoms. The Morgan fingerprint density at radius 1 is 1.18 bits per heavy atom. The highest BCUT2D eigenvalue weighted by Crippen LogP contribution is 2.09. The van der Waals surface area contributed by atoms with Crippen molar-refractivity contribution in [2.75, 3.05) is 16.8 Å². The summed E-state index contributed by atoms with van der Waals surface area (Å²) in [4.78, 5) is 33.9. The standard InChI is InChI=1S/C14H17FN2O4S/c1-2-11(14(20)21)17-13(19)8-22-7-12(18)16-10-5-3-9(15)4-6-10/h3-6,11H,2,7-8H2,1H3,(H,16,18)(H,17,19)(H,20,21). The predicted molar refractivity (Wildman–Crippen MR) is 82.2 cm³/mol. The largest absolute Gasteiger partial charge is 0.480 e. The molecule has 0 saturated heterocycles. The van der Waals surface area contributed by atoms with Gasteiger partial charge in [-0.2, -0.15) is 0 Å². The van der Waals surface area contributed by atoms with E-state index in [2.05, 4.69) is 10.6 Å². The van der Waals surface area contributed by atoms with Gasteiger partial charge in [-0.05, 0) is 30.7 Å². The topological polar surface area (TPSA) is 95.5 Å². The molecule has 0 spiro atoms. The summed E-state index contributed by atoms with van der Waals surface area (Å²) in [6.45, 7) is 1.66. The van der Waals surface area contributed by atoms with Gasteiger partial charge in [0, 0.05) is 5.69 Å². The van der Waals surface area contributed by atoms with Gasteiger partial charge in [0.05, 0.1) is 11.5 Å². The van der Waals surface area contributed by atoms with Crippen molar-refractivity contribution >= 4 is 35.2 Å². The molecule has 0 aliphatic heterocycles. The minimum absolute atomic E-state index is 0.0133. The quantitative estimate of drug-likeness (QED) is 0.672. The van der Waals surface area contributed by atoms with Crippen LogP contribution in [0.4, 0.5) is 10.1 Å². The number of amides is 2. The molecular formula is C14H17FN2O4S. The molecule has 0 aliphatic rings. The van der Waals surface area contributed by atoms with Crippen LogP contribution in [0.15, 0.2) is 24.3 Å². The second kappa shape index (κ2) is 9.04. The monoisotopic (exact) mass is 328 g/mol. The van der Waals surface area contributed by atoms with E-state index in [1.54, 1.807) is 6.92 Å². The van der Waals surface area contributed by atoms with E-state index >= 15 is 0 Å². The molecular weight excluding hydrogens is 311 g/mol. The van der Waals surface area contributed by atoms with E-state index in [1.165, 1.54) is 24.3 Å². The lowest BCUT2D eigenvalue weighted by Crippen LogP contribution is -2.41. The molecule has 1 rings (SSSR count). The summed E-state index contributed by atoms with van der Waals surface area (Å²) in [5, 5.41) is 13.7. The summed E-state index contributed by atoms with van der Waals surface area (Å²) < 4.78 is 12.7. The maximum Gasteiger partial charge on any atom is 0.326 e. The van der Waals surface area contributed by atoms with E-state index in [1.807, 2.05) is 0 Å². The number of carbonyl (C=O) groups is 3. The van der Waals surface area contributed by atoms with Crippen LogP contribution < -0.4 is 10.6 Å². The third kappa shape index (κ3) is 6.57. The minimum Gasteiger partial charge on any atom is -0.480 e. The number of nitrogens with one attached hydrogen (secondary N) is 2. The fourth-order valence-electron chi connectivity index (χ4n) is 1.54. The molecule has 2 amide bonds. The molecule has 1 aromatic carbocycles. The Labute approximate surface area is 131 Å². The van der Waals surface area contributed by atoms with Crippen LogP contribution in [-0.2, 0) is 14.4 Å². The molecule has 1 aromatic rings. The van der Waals surface area contributed by atoms with Crippen LogP contribution in [0.2, 0.25) is 0 Å². The number of carbonyl (C=O) groups excluding carboxylic acids is 2. The van der Waals surface area contributed by atoms with Crippen molar-refractivity contribution < 1.29 is 23.9 Å². The van der Waals surface area contributed by atoms with E-state index in [0.717, 1.165) is 11.8 Å². The van der Waals surface area contributed by atoms with Gasteiger partial charge in [-0.1, -0.05) is 6.92 Å². The highest BCUT2D eigenvalue weighted by molar-refractivity contribution is 8.00. The van der Waals surface area contributed by atoms with Crippen LogP contribution in [-0.4, -0.2) is 40.4 Å². The first-order chi connectivity index (χ1) is 10.4. The Balaban J connectivity index is 2.28. The van der Waals surface area contributed by atoms with Gasteiger partial charge in [-0.25, -0.2) is 9.18 Å². The highest BCUT2D eigenvalue weighted by atomic mass is 32.2. The lowest BCUT2D eigenvalue weighted by molar-refractivity contribution is -0.141. The Morgan fingerprint density at radius 2 is 1.77 bits per heavy atom. The highest BCUT2D eigenvalue weighted by Gasteiger charge is 2.17. The minimum atomic E-state index is -1.09. The summed E-state index contributed by atoms with van der Waals surface area (Å²) >= 11 is 1.06. The lowest BCUT2D eigenvalue weighted by Gasteiger charge is -2.11. The van der Waals surface area contributed by atoms with Gasteiger partial charge in [0.2, 0.25) is 11.8 Å². The fraction of sp³-hybridized carbons (Fsp3) is 0.357. The third-order valence-electron chi connectivity index (χ3n) is 2.64. The van der Waals surface area contributed by atoms with Gasteiger partial charge in [-0.15, -0.1) is 11.8 Å². The van der Waals surface area contributed by atoms with Gasteiger partial charge >= 0.3 is 5.97 Å². The number of hydrogen-bond donors (Lipinski definition) is 3. The zero-order chi connectivity index (χ0) is 16.5. The smallest absolute Gasteiger partial charge is 0.326 e. The van der Waals surface area contributed by atoms with E-state index in [0.29, 0.717) is 5.69 Å². The second-order valence-electron chi connectivity index (χ2n) is 4.41. The number of carboxylic acid groups (broad SMARTS) is 1. The molecule has 120 valence electrons. The van der Waals surface area contributed by atoms with Crippen LogP contribution in [0.25, 0.3) is 0 Å². The van der Waals surface area contributed by atoms with Crippen molar-refractivity contribution in [1.29, 1.82) is 0 Å². The first-order valence-electron chi connectivity index (χ1n) is 6.57. The number of hydrogen-bond acceptors (Lipinski definition) is 4. The van der Waals surface area contributed by atoms with Crippen LogP contribution in [0, 0.1) is 5.82 Å². The Kier molecular flexibility index (Phi) is 7.38. The van der Waals surface area contributed by atoms with E-state index in [9.17, 15) is 18.8 Å². The van der Waals surface area contributed by atoms with E-state index < -0.39 is 23.7 Å². The van der Waals surface area contributed by atoms with Crippen LogP contribution >= 0.6 is 11.8 Å². The molecule has 0 aliphatic carbocycles. The maximum atomic E-state index is 12.7. The average molecular weight is 328 g/mol. The molecule has 0 radical (unpaired) electrons. The fourth-order valence-corrected chi connectivity index (χ4v) is 2.17. The van der Waals surface area contributed by atoms with Crippen molar-refractivity contribution in [3.63, 3.8) is 0 Å². The van der Waals surface area contributed by atoms with E-state index in [4.69, 9.17) is 5.11 Å². The summed E-state index contributed by atoms with van der Waals surface area (Å²) in [5.41, 5.74) is 0.466.